The van der Waals surface area contributed by atoms with Crippen molar-refractivity contribution in [2.24, 2.45) is 0 Å². The zero-order valence-corrected chi connectivity index (χ0v) is 12.3. The first-order valence-electron chi connectivity index (χ1n) is 6.42. The first-order valence-corrected chi connectivity index (χ1v) is 8.24. The van der Waals surface area contributed by atoms with Crippen LogP contribution in [0.25, 0.3) is 0 Å². The standard InChI is InChI=1S/C13H16F2N2O3S/c1-17(10-4-5-21(19,20)8-10)7-13(18)16-9-2-3-11(14)12(15)6-9/h2-3,6,10H,4-5,7-8H2,1H3,(H,16,18). The molecule has 1 N–H and O–H groups in total. The van der Waals surface area contributed by atoms with Gasteiger partial charge < -0.3 is 5.32 Å². The van der Waals surface area contributed by atoms with E-state index < -0.39 is 27.4 Å². The number of nitrogens with zero attached hydrogens (tertiary/aromatic N) is 1. The number of amides is 1. The molecule has 0 spiro atoms. The molecule has 116 valence electrons. The van der Waals surface area contributed by atoms with Crippen molar-refractivity contribution in [1.82, 2.24) is 4.90 Å². The Labute approximate surface area is 121 Å². The molecule has 1 unspecified atom stereocenters. The van der Waals surface area contributed by atoms with Gasteiger partial charge >= 0.3 is 0 Å². The Bertz CT molecular complexity index is 649. The van der Waals surface area contributed by atoms with E-state index in [9.17, 15) is 22.0 Å². The van der Waals surface area contributed by atoms with E-state index >= 15 is 0 Å². The second-order valence-corrected chi connectivity index (χ2v) is 7.38. The summed E-state index contributed by atoms with van der Waals surface area (Å²) >= 11 is 0. The summed E-state index contributed by atoms with van der Waals surface area (Å²) in [7, 11) is -1.35. The van der Waals surface area contributed by atoms with Gasteiger partial charge in [0.25, 0.3) is 0 Å². The predicted molar refractivity (Wildman–Crippen MR) is 74.7 cm³/mol. The van der Waals surface area contributed by atoms with Gasteiger partial charge in [0.1, 0.15) is 0 Å². The van der Waals surface area contributed by atoms with Crippen LogP contribution in [0.4, 0.5) is 14.5 Å². The normalized spacial score (nSPS) is 20.7. The van der Waals surface area contributed by atoms with Gasteiger partial charge in [-0.05, 0) is 25.6 Å². The maximum Gasteiger partial charge on any atom is 0.238 e. The Kier molecular flexibility index (Phi) is 4.58. The van der Waals surface area contributed by atoms with Crippen molar-refractivity contribution in [2.45, 2.75) is 12.5 Å². The summed E-state index contributed by atoms with van der Waals surface area (Å²) in [6, 6.07) is 2.90. The molecule has 0 aliphatic carbocycles. The van der Waals surface area contributed by atoms with Gasteiger partial charge in [0.2, 0.25) is 5.91 Å². The SMILES string of the molecule is CN(CC(=O)Nc1ccc(F)c(F)c1)C1CCS(=O)(=O)C1. The molecule has 1 heterocycles. The first kappa shape index (κ1) is 15.8. The van der Waals surface area contributed by atoms with Gasteiger partial charge in [-0.1, -0.05) is 0 Å². The monoisotopic (exact) mass is 318 g/mol. The lowest BCUT2D eigenvalue weighted by Crippen LogP contribution is -2.38. The molecule has 0 saturated carbocycles. The molecule has 1 saturated heterocycles. The van der Waals surface area contributed by atoms with Crippen molar-refractivity contribution >= 4 is 21.4 Å². The van der Waals surface area contributed by atoms with E-state index in [1.54, 1.807) is 11.9 Å². The maximum absolute atomic E-state index is 13.0. The van der Waals surface area contributed by atoms with Gasteiger partial charge in [-0.25, -0.2) is 17.2 Å². The van der Waals surface area contributed by atoms with Crippen molar-refractivity contribution < 1.29 is 22.0 Å². The fourth-order valence-corrected chi connectivity index (χ4v) is 4.06. The maximum atomic E-state index is 13.0. The molecule has 8 heteroatoms. The number of rotatable bonds is 4. The van der Waals surface area contributed by atoms with Crippen LogP contribution in [0.3, 0.4) is 0 Å². The van der Waals surface area contributed by atoms with Crippen LogP contribution in [0.1, 0.15) is 6.42 Å². The zero-order chi connectivity index (χ0) is 15.6. The molecule has 1 atom stereocenters. The molecule has 0 aromatic heterocycles. The van der Waals surface area contributed by atoms with E-state index in [4.69, 9.17) is 0 Å². The van der Waals surface area contributed by atoms with Crippen molar-refractivity contribution in [3.05, 3.63) is 29.8 Å². The third-order valence-electron chi connectivity index (χ3n) is 3.43. The fourth-order valence-electron chi connectivity index (χ4n) is 2.25. The molecule has 0 radical (unpaired) electrons. The second kappa shape index (κ2) is 6.07. The average Bonchev–Trinajstić information content (AvgIpc) is 2.74. The van der Waals surface area contributed by atoms with E-state index in [-0.39, 0.29) is 29.8 Å². The minimum atomic E-state index is -3.01. The number of halogens is 2. The Morgan fingerprint density at radius 3 is 2.67 bits per heavy atom. The van der Waals surface area contributed by atoms with Crippen LogP contribution in [0.2, 0.25) is 0 Å². The molecule has 5 nitrogen and oxygen atoms in total. The number of likely N-dealkylation sites (N-methyl/N-ethyl adjacent to an activating group) is 1. The molecule has 1 amide bonds. The summed E-state index contributed by atoms with van der Waals surface area (Å²) in [4.78, 5) is 13.5. The van der Waals surface area contributed by atoms with Crippen LogP contribution < -0.4 is 5.32 Å². The molecule has 1 aliphatic rings. The smallest absolute Gasteiger partial charge is 0.238 e. The zero-order valence-electron chi connectivity index (χ0n) is 11.5. The van der Waals surface area contributed by atoms with Crippen LogP contribution in [0.5, 0.6) is 0 Å². The highest BCUT2D eigenvalue weighted by molar-refractivity contribution is 7.91. The Morgan fingerprint density at radius 1 is 1.38 bits per heavy atom. The highest BCUT2D eigenvalue weighted by atomic mass is 32.2. The van der Waals surface area contributed by atoms with E-state index in [1.165, 1.54) is 6.07 Å². The minimum Gasteiger partial charge on any atom is -0.325 e. The van der Waals surface area contributed by atoms with Crippen LogP contribution in [-0.4, -0.2) is 50.4 Å². The summed E-state index contributed by atoms with van der Waals surface area (Å²) in [5, 5.41) is 2.45. The summed E-state index contributed by atoms with van der Waals surface area (Å²) in [5.41, 5.74) is 0.159. The van der Waals surface area contributed by atoms with Crippen molar-refractivity contribution in [1.29, 1.82) is 0 Å². The van der Waals surface area contributed by atoms with Crippen LogP contribution >= 0.6 is 0 Å². The number of benzene rings is 1. The number of hydrogen-bond donors (Lipinski definition) is 1. The molecule has 2 rings (SSSR count). The van der Waals surface area contributed by atoms with Gasteiger partial charge in [0.05, 0.1) is 18.1 Å². The van der Waals surface area contributed by atoms with Crippen molar-refractivity contribution in [3.63, 3.8) is 0 Å². The number of sulfone groups is 1. The molecular weight excluding hydrogens is 302 g/mol. The highest BCUT2D eigenvalue weighted by Crippen LogP contribution is 2.17. The molecule has 1 aromatic carbocycles. The Hall–Kier alpha value is -1.54. The molecule has 1 fully saturated rings. The highest BCUT2D eigenvalue weighted by Gasteiger charge is 2.31. The largest absolute Gasteiger partial charge is 0.325 e. The van der Waals surface area contributed by atoms with E-state index in [2.05, 4.69) is 5.32 Å². The number of carbonyl (C=O) groups is 1. The summed E-state index contributed by atoms with van der Waals surface area (Å²) in [6.07, 6.45) is 0.497. The Morgan fingerprint density at radius 2 is 2.10 bits per heavy atom. The average molecular weight is 318 g/mol. The third kappa shape index (κ3) is 4.21. The van der Waals surface area contributed by atoms with Gasteiger partial charge in [-0.2, -0.15) is 0 Å². The number of carbonyl (C=O) groups excluding carboxylic acids is 1. The van der Waals surface area contributed by atoms with Crippen molar-refractivity contribution in [2.75, 3.05) is 30.4 Å². The quantitative estimate of drug-likeness (QED) is 0.900. The first-order chi connectivity index (χ1) is 9.77. The minimum absolute atomic E-state index is 0.0147. The molecule has 21 heavy (non-hydrogen) atoms. The lowest BCUT2D eigenvalue weighted by molar-refractivity contribution is -0.117. The fraction of sp³-hybridized carbons (Fsp3) is 0.462. The summed E-state index contributed by atoms with van der Waals surface area (Å²) < 4.78 is 48.6. The van der Waals surface area contributed by atoms with E-state index in [0.717, 1.165) is 12.1 Å². The molecular formula is C13H16F2N2O3S. The topological polar surface area (TPSA) is 66.5 Å². The lowest BCUT2D eigenvalue weighted by atomic mass is 10.2. The van der Waals surface area contributed by atoms with Crippen LogP contribution in [0.15, 0.2) is 18.2 Å². The number of hydrogen-bond acceptors (Lipinski definition) is 4. The number of anilines is 1. The number of nitrogens with one attached hydrogen (secondary N) is 1. The van der Waals surface area contributed by atoms with Crippen molar-refractivity contribution in [3.8, 4) is 0 Å². The lowest BCUT2D eigenvalue weighted by Gasteiger charge is -2.22. The molecule has 0 bridgehead atoms. The van der Waals surface area contributed by atoms with Gasteiger partial charge in [0.15, 0.2) is 21.5 Å². The van der Waals surface area contributed by atoms with Gasteiger partial charge in [-0.15, -0.1) is 0 Å². The van der Waals surface area contributed by atoms with Gasteiger partial charge in [-0.3, -0.25) is 9.69 Å². The Balaban J connectivity index is 1.91. The second-order valence-electron chi connectivity index (χ2n) is 5.15. The summed E-state index contributed by atoms with van der Waals surface area (Å²) in [5.74, 6) is -2.26. The van der Waals surface area contributed by atoms with Gasteiger partial charge in [0, 0.05) is 17.8 Å². The molecule has 1 aliphatic heterocycles. The van der Waals surface area contributed by atoms with E-state index in [0.29, 0.717) is 6.42 Å². The predicted octanol–water partition coefficient (Wildman–Crippen LogP) is 1.02. The third-order valence-corrected chi connectivity index (χ3v) is 5.18. The van der Waals surface area contributed by atoms with Crippen LogP contribution in [0, 0.1) is 11.6 Å². The molecule has 1 aromatic rings. The summed E-state index contributed by atoms with van der Waals surface area (Å²) in [6.45, 7) is -0.0147. The van der Waals surface area contributed by atoms with Crippen LogP contribution in [-0.2, 0) is 14.6 Å². The van der Waals surface area contributed by atoms with E-state index in [1.807, 2.05) is 0 Å².